The van der Waals surface area contributed by atoms with E-state index in [0.29, 0.717) is 11.4 Å². The molecule has 2 aromatic heterocycles. The molecule has 0 aliphatic carbocycles. The van der Waals surface area contributed by atoms with Gasteiger partial charge in [-0.3, -0.25) is 0 Å². The maximum atomic E-state index is 11.0. The van der Waals surface area contributed by atoms with Crippen molar-refractivity contribution < 1.29 is 14.6 Å². The smallest absolute Gasteiger partial charge is 0.339 e. The highest BCUT2D eigenvalue weighted by atomic mass is 16.5. The van der Waals surface area contributed by atoms with E-state index in [9.17, 15) is 4.79 Å². The van der Waals surface area contributed by atoms with Crippen LogP contribution in [0.5, 0.6) is 11.6 Å². The fourth-order valence-corrected chi connectivity index (χ4v) is 1.70. The Balaban J connectivity index is 2.01. The molecule has 3 rings (SSSR count). The minimum atomic E-state index is -1.06. The first-order valence-corrected chi connectivity index (χ1v) is 5.54. The molecule has 1 aromatic carbocycles. The third kappa shape index (κ3) is 2.11. The van der Waals surface area contributed by atoms with Gasteiger partial charge in [-0.25, -0.2) is 14.8 Å². The predicted octanol–water partition coefficient (Wildman–Crippen LogP) is 2.45. The average Bonchev–Trinajstić information content (AvgIpc) is 2.83. The quantitative estimate of drug-likeness (QED) is 0.750. The maximum Gasteiger partial charge on any atom is 0.339 e. The summed E-state index contributed by atoms with van der Waals surface area (Å²) in [7, 11) is 0. The average molecular weight is 255 g/mol. The summed E-state index contributed by atoms with van der Waals surface area (Å²) >= 11 is 0. The van der Waals surface area contributed by atoms with E-state index in [1.807, 2.05) is 18.2 Å². The molecule has 94 valence electrons. The first-order chi connectivity index (χ1) is 9.24. The minimum absolute atomic E-state index is 0.0704. The van der Waals surface area contributed by atoms with E-state index in [0.717, 1.165) is 0 Å². The van der Waals surface area contributed by atoms with Crippen LogP contribution in [0.15, 0.2) is 42.7 Å². The molecular weight excluding hydrogens is 246 g/mol. The first kappa shape index (κ1) is 11.2. The van der Waals surface area contributed by atoms with Crippen molar-refractivity contribution in [2.45, 2.75) is 0 Å². The number of aromatic amines is 1. The van der Waals surface area contributed by atoms with Gasteiger partial charge in [0.2, 0.25) is 5.88 Å². The molecule has 0 bridgehead atoms. The lowest BCUT2D eigenvalue weighted by Gasteiger charge is -2.03. The molecule has 6 nitrogen and oxygen atoms in total. The van der Waals surface area contributed by atoms with Gasteiger partial charge >= 0.3 is 5.97 Å². The Morgan fingerprint density at radius 3 is 2.79 bits per heavy atom. The number of carboxylic acids is 1. The molecule has 19 heavy (non-hydrogen) atoms. The summed E-state index contributed by atoms with van der Waals surface area (Å²) in [5.74, 6) is -0.193. The van der Waals surface area contributed by atoms with Crippen molar-refractivity contribution in [1.82, 2.24) is 15.0 Å². The Morgan fingerprint density at radius 2 is 2.05 bits per heavy atom. The Hall–Kier alpha value is -2.89. The van der Waals surface area contributed by atoms with Gasteiger partial charge in [0.05, 0.1) is 6.20 Å². The van der Waals surface area contributed by atoms with Crippen molar-refractivity contribution in [3.8, 4) is 11.6 Å². The molecule has 0 spiro atoms. The second-order valence-electron chi connectivity index (χ2n) is 3.83. The first-order valence-electron chi connectivity index (χ1n) is 5.54. The van der Waals surface area contributed by atoms with Crippen LogP contribution in [0.3, 0.4) is 0 Å². The van der Waals surface area contributed by atoms with Crippen LogP contribution < -0.4 is 4.74 Å². The summed E-state index contributed by atoms with van der Waals surface area (Å²) in [6.45, 7) is 0. The topological polar surface area (TPSA) is 88.1 Å². The zero-order chi connectivity index (χ0) is 13.2. The highest BCUT2D eigenvalue weighted by molar-refractivity contribution is 6.00. The van der Waals surface area contributed by atoms with Gasteiger partial charge in [0, 0.05) is 6.20 Å². The molecule has 0 unspecified atom stereocenters. The van der Waals surface area contributed by atoms with Crippen LogP contribution in [-0.2, 0) is 0 Å². The van der Waals surface area contributed by atoms with E-state index in [1.54, 1.807) is 12.1 Å². The number of hydrogen-bond donors (Lipinski definition) is 2. The molecule has 0 saturated carbocycles. The summed E-state index contributed by atoms with van der Waals surface area (Å²) in [4.78, 5) is 22.0. The standard InChI is InChI=1S/C13H9N3O3/c17-13(18)9-6-14-12-11(9)16-10(7-15-12)19-8-4-2-1-3-5-8/h1-7H,(H,14,15)(H,17,18). The number of para-hydroxylation sites is 1. The second-order valence-corrected chi connectivity index (χ2v) is 3.83. The molecule has 0 saturated heterocycles. The number of aromatic nitrogens is 3. The molecule has 2 heterocycles. The van der Waals surface area contributed by atoms with Crippen LogP contribution in [0.4, 0.5) is 0 Å². The molecule has 0 radical (unpaired) electrons. The van der Waals surface area contributed by atoms with Gasteiger partial charge in [0.25, 0.3) is 0 Å². The molecule has 0 amide bonds. The van der Waals surface area contributed by atoms with Crippen molar-refractivity contribution in [3.63, 3.8) is 0 Å². The van der Waals surface area contributed by atoms with Crippen LogP contribution in [-0.4, -0.2) is 26.0 Å². The Morgan fingerprint density at radius 1 is 1.26 bits per heavy atom. The number of benzene rings is 1. The lowest BCUT2D eigenvalue weighted by atomic mass is 10.3. The normalized spacial score (nSPS) is 10.5. The SMILES string of the molecule is O=C(O)c1c[nH]c2ncc(Oc3ccccc3)nc12. The van der Waals surface area contributed by atoms with Crippen molar-refractivity contribution in [3.05, 3.63) is 48.3 Å². The fraction of sp³-hybridized carbons (Fsp3) is 0. The molecule has 0 aliphatic heterocycles. The van der Waals surface area contributed by atoms with Crippen molar-refractivity contribution in [2.75, 3.05) is 0 Å². The van der Waals surface area contributed by atoms with Gasteiger partial charge in [-0.2, -0.15) is 0 Å². The molecule has 3 aromatic rings. The number of ether oxygens (including phenoxy) is 1. The van der Waals surface area contributed by atoms with Crippen molar-refractivity contribution in [1.29, 1.82) is 0 Å². The van der Waals surface area contributed by atoms with Crippen molar-refractivity contribution in [2.24, 2.45) is 0 Å². The van der Waals surface area contributed by atoms with E-state index in [1.165, 1.54) is 12.4 Å². The van der Waals surface area contributed by atoms with Gasteiger partial charge in [0.1, 0.15) is 16.8 Å². The van der Waals surface area contributed by atoms with E-state index >= 15 is 0 Å². The second kappa shape index (κ2) is 4.41. The minimum Gasteiger partial charge on any atom is -0.478 e. The van der Waals surface area contributed by atoms with E-state index in [-0.39, 0.29) is 17.0 Å². The summed E-state index contributed by atoms with van der Waals surface area (Å²) < 4.78 is 5.51. The van der Waals surface area contributed by atoms with Crippen LogP contribution in [0.1, 0.15) is 10.4 Å². The number of aromatic carboxylic acids is 1. The number of nitrogens with zero attached hydrogens (tertiary/aromatic N) is 2. The zero-order valence-electron chi connectivity index (χ0n) is 9.70. The van der Waals surface area contributed by atoms with E-state index < -0.39 is 5.97 Å². The molecular formula is C13H9N3O3. The number of rotatable bonds is 3. The predicted molar refractivity (Wildman–Crippen MR) is 67.4 cm³/mol. The fourth-order valence-electron chi connectivity index (χ4n) is 1.70. The Bertz CT molecular complexity index is 737. The number of carbonyl (C=O) groups is 1. The summed E-state index contributed by atoms with van der Waals surface area (Å²) in [5.41, 5.74) is 0.764. The number of H-pyrrole nitrogens is 1. The number of nitrogens with one attached hydrogen (secondary N) is 1. The molecule has 0 aliphatic rings. The third-order valence-electron chi connectivity index (χ3n) is 2.55. The third-order valence-corrected chi connectivity index (χ3v) is 2.55. The summed E-state index contributed by atoms with van der Waals surface area (Å²) in [5, 5.41) is 9.02. The van der Waals surface area contributed by atoms with Gasteiger partial charge in [-0.1, -0.05) is 18.2 Å². The van der Waals surface area contributed by atoms with Crippen LogP contribution in [0, 0.1) is 0 Å². The Kier molecular flexibility index (Phi) is 2.60. The van der Waals surface area contributed by atoms with E-state index in [4.69, 9.17) is 9.84 Å². The highest BCUT2D eigenvalue weighted by Crippen LogP contribution is 2.21. The number of carboxylic acid groups (broad SMARTS) is 1. The van der Waals surface area contributed by atoms with Crippen LogP contribution in [0.25, 0.3) is 11.2 Å². The van der Waals surface area contributed by atoms with Gasteiger partial charge in [-0.05, 0) is 12.1 Å². The molecule has 6 heteroatoms. The molecule has 0 fully saturated rings. The summed E-state index contributed by atoms with van der Waals surface area (Å²) in [6, 6.07) is 9.10. The van der Waals surface area contributed by atoms with Crippen LogP contribution in [0.2, 0.25) is 0 Å². The van der Waals surface area contributed by atoms with Gasteiger partial charge in [-0.15, -0.1) is 0 Å². The maximum absolute atomic E-state index is 11.0. The monoisotopic (exact) mass is 255 g/mol. The van der Waals surface area contributed by atoms with Crippen LogP contribution >= 0.6 is 0 Å². The highest BCUT2D eigenvalue weighted by Gasteiger charge is 2.13. The largest absolute Gasteiger partial charge is 0.478 e. The van der Waals surface area contributed by atoms with Crippen molar-refractivity contribution >= 4 is 17.1 Å². The zero-order valence-corrected chi connectivity index (χ0v) is 9.70. The summed E-state index contributed by atoms with van der Waals surface area (Å²) in [6.07, 6.45) is 2.80. The molecule has 2 N–H and O–H groups in total. The lowest BCUT2D eigenvalue weighted by Crippen LogP contribution is -1.96. The number of fused-ring (bicyclic) bond motifs is 1. The van der Waals surface area contributed by atoms with Gasteiger partial charge < -0.3 is 14.8 Å². The van der Waals surface area contributed by atoms with E-state index in [2.05, 4.69) is 15.0 Å². The molecule has 0 atom stereocenters. The Labute approximate surface area is 107 Å². The number of hydrogen-bond acceptors (Lipinski definition) is 4. The lowest BCUT2D eigenvalue weighted by molar-refractivity contribution is 0.0699. The van der Waals surface area contributed by atoms with Gasteiger partial charge in [0.15, 0.2) is 5.65 Å².